The van der Waals surface area contributed by atoms with E-state index in [9.17, 15) is 28.8 Å². The fourth-order valence-corrected chi connectivity index (χ4v) is 3.12. The Bertz CT molecular complexity index is 1100. The molecule has 0 unspecified atom stereocenters. The Kier molecular flexibility index (Phi) is 8.91. The summed E-state index contributed by atoms with van der Waals surface area (Å²) in [4.78, 5) is 83.6. The highest BCUT2D eigenvalue weighted by molar-refractivity contribution is 6.02. The second-order valence-corrected chi connectivity index (χ2v) is 11.2. The Hall–Kier alpha value is -3.97. The van der Waals surface area contributed by atoms with E-state index in [1.165, 1.54) is 26.4 Å². The maximum Gasteiger partial charge on any atom is 0.420 e. The molecule has 14 nitrogen and oxygen atoms in total. The number of aromatic nitrogens is 2. The smallest absolute Gasteiger partial charge is 0.420 e. The van der Waals surface area contributed by atoms with Crippen LogP contribution in [0.25, 0.3) is 0 Å². The first-order valence-corrected chi connectivity index (χ1v) is 11.9. The molecule has 1 aliphatic rings. The van der Waals surface area contributed by atoms with Crippen LogP contribution in [0.1, 0.15) is 73.9 Å². The normalized spacial score (nSPS) is 15.1. The number of alkyl carbamates (subject to hydrolysis) is 1. The zero-order valence-corrected chi connectivity index (χ0v) is 22.9. The topological polar surface area (TPSA) is 175 Å². The predicted octanol–water partition coefficient (Wildman–Crippen LogP) is 1.60. The van der Waals surface area contributed by atoms with Crippen molar-refractivity contribution in [1.82, 2.24) is 25.2 Å². The molecule has 210 valence electrons. The van der Waals surface area contributed by atoms with Gasteiger partial charge in [0, 0.05) is 25.5 Å². The molecular weight excluding hydrogens is 502 g/mol. The predicted molar refractivity (Wildman–Crippen MR) is 130 cm³/mol. The fraction of sp³-hybridized carbons (Fsp3) is 0.625. The molecule has 1 aliphatic heterocycles. The number of carbonyl (C=O) groups is 6. The molecule has 2 rings (SSSR count). The van der Waals surface area contributed by atoms with Crippen molar-refractivity contribution in [2.24, 2.45) is 0 Å². The first-order valence-electron chi connectivity index (χ1n) is 11.9. The minimum Gasteiger partial charge on any atom is -0.444 e. The van der Waals surface area contributed by atoms with Gasteiger partial charge in [-0.3, -0.25) is 14.4 Å². The van der Waals surface area contributed by atoms with Crippen LogP contribution < -0.4 is 10.6 Å². The van der Waals surface area contributed by atoms with Crippen LogP contribution >= 0.6 is 0 Å². The molecule has 0 radical (unpaired) electrons. The minimum atomic E-state index is -1.72. The van der Waals surface area contributed by atoms with Gasteiger partial charge >= 0.3 is 18.2 Å². The van der Waals surface area contributed by atoms with Gasteiger partial charge in [0.1, 0.15) is 29.1 Å². The summed E-state index contributed by atoms with van der Waals surface area (Å²) in [5, 5.41) is 5.25. The van der Waals surface area contributed by atoms with Crippen molar-refractivity contribution in [2.75, 3.05) is 0 Å². The molecule has 1 saturated heterocycles. The number of ether oxygens (including phenoxy) is 2. The van der Waals surface area contributed by atoms with E-state index in [-0.39, 0.29) is 25.0 Å². The van der Waals surface area contributed by atoms with Crippen LogP contribution in [-0.4, -0.2) is 73.3 Å². The van der Waals surface area contributed by atoms with Crippen LogP contribution in [-0.2, 0) is 39.9 Å². The Balaban J connectivity index is 2.25. The van der Waals surface area contributed by atoms with E-state index in [4.69, 9.17) is 14.3 Å². The second kappa shape index (κ2) is 11.2. The van der Waals surface area contributed by atoms with E-state index in [0.29, 0.717) is 5.06 Å². The van der Waals surface area contributed by atoms with Gasteiger partial charge in [0.05, 0.1) is 5.69 Å². The second-order valence-electron chi connectivity index (χ2n) is 11.2. The SMILES string of the molecule is CC(C)(C)OC(=O)N[C@@H](Cc1cncn1C(=O)OC(C)(C)C)C(=O)NC(C)(C)C(=O)ON1C(=O)CCC1=O. The number of carbonyl (C=O) groups excluding carboxylic acids is 6. The van der Waals surface area contributed by atoms with Gasteiger partial charge in [-0.05, 0) is 55.4 Å². The third-order valence-corrected chi connectivity index (χ3v) is 4.85. The molecule has 1 aromatic rings. The van der Waals surface area contributed by atoms with Gasteiger partial charge in [0.25, 0.3) is 11.8 Å². The minimum absolute atomic E-state index is 0.0912. The zero-order chi connectivity index (χ0) is 29.1. The monoisotopic (exact) mass is 537 g/mol. The van der Waals surface area contributed by atoms with Crippen molar-refractivity contribution < 1.29 is 43.1 Å². The van der Waals surface area contributed by atoms with Crippen molar-refractivity contribution in [3.05, 3.63) is 18.2 Å². The maximum atomic E-state index is 13.3. The average molecular weight is 538 g/mol. The molecule has 1 fully saturated rings. The van der Waals surface area contributed by atoms with E-state index >= 15 is 0 Å². The van der Waals surface area contributed by atoms with Gasteiger partial charge in [0.15, 0.2) is 0 Å². The number of nitrogens with one attached hydrogen (secondary N) is 2. The summed E-state index contributed by atoms with van der Waals surface area (Å²) in [5.74, 6) is -3.27. The van der Waals surface area contributed by atoms with Gasteiger partial charge in [0.2, 0.25) is 5.91 Å². The third-order valence-electron chi connectivity index (χ3n) is 4.85. The number of rotatable bonds is 7. The summed E-state index contributed by atoms with van der Waals surface area (Å²) >= 11 is 0. The number of imidazole rings is 1. The Morgan fingerprint density at radius 3 is 2.03 bits per heavy atom. The average Bonchev–Trinajstić information content (AvgIpc) is 3.32. The summed E-state index contributed by atoms with van der Waals surface area (Å²) in [6.07, 6.45) is 0.443. The molecule has 0 bridgehead atoms. The third kappa shape index (κ3) is 8.56. The highest BCUT2D eigenvalue weighted by atomic mass is 16.7. The van der Waals surface area contributed by atoms with Gasteiger partial charge in [-0.15, -0.1) is 5.06 Å². The molecule has 4 amide bonds. The number of hydroxylamine groups is 2. The molecule has 14 heteroatoms. The van der Waals surface area contributed by atoms with Gasteiger partial charge in [-0.25, -0.2) is 23.9 Å². The summed E-state index contributed by atoms with van der Waals surface area (Å²) in [6, 6.07) is -1.34. The summed E-state index contributed by atoms with van der Waals surface area (Å²) in [5.41, 5.74) is -3.17. The molecule has 0 saturated carbocycles. The van der Waals surface area contributed by atoms with E-state index in [1.54, 1.807) is 41.5 Å². The van der Waals surface area contributed by atoms with E-state index < -0.39 is 58.7 Å². The lowest BCUT2D eigenvalue weighted by molar-refractivity contribution is -0.201. The van der Waals surface area contributed by atoms with Crippen molar-refractivity contribution in [1.29, 1.82) is 0 Å². The summed E-state index contributed by atoms with van der Waals surface area (Å²) < 4.78 is 11.7. The highest BCUT2D eigenvalue weighted by Gasteiger charge is 2.40. The van der Waals surface area contributed by atoms with Crippen LogP contribution in [0, 0.1) is 0 Å². The molecule has 0 aliphatic carbocycles. The van der Waals surface area contributed by atoms with Crippen LogP contribution in [0.4, 0.5) is 9.59 Å². The van der Waals surface area contributed by atoms with Gasteiger partial charge < -0.3 is 24.9 Å². The van der Waals surface area contributed by atoms with Crippen molar-refractivity contribution >= 4 is 35.9 Å². The number of nitrogens with zero attached hydrogens (tertiary/aromatic N) is 3. The Morgan fingerprint density at radius 1 is 0.947 bits per heavy atom. The molecule has 2 N–H and O–H groups in total. The number of amides is 4. The highest BCUT2D eigenvalue weighted by Crippen LogP contribution is 2.17. The largest absolute Gasteiger partial charge is 0.444 e. The van der Waals surface area contributed by atoms with E-state index in [1.807, 2.05) is 0 Å². The molecule has 1 aromatic heterocycles. The van der Waals surface area contributed by atoms with E-state index in [0.717, 1.165) is 4.57 Å². The van der Waals surface area contributed by atoms with Crippen molar-refractivity contribution in [2.45, 2.75) is 97.4 Å². The zero-order valence-electron chi connectivity index (χ0n) is 22.9. The van der Waals surface area contributed by atoms with Crippen molar-refractivity contribution in [3.63, 3.8) is 0 Å². The molecule has 0 spiro atoms. The number of hydrogen-bond acceptors (Lipinski definition) is 10. The van der Waals surface area contributed by atoms with E-state index in [2.05, 4.69) is 15.6 Å². The number of imide groups is 1. The quantitative estimate of drug-likeness (QED) is 0.486. The van der Waals surface area contributed by atoms with Gasteiger partial charge in [-0.1, -0.05) is 0 Å². The molecule has 38 heavy (non-hydrogen) atoms. The van der Waals surface area contributed by atoms with Gasteiger partial charge in [-0.2, -0.15) is 0 Å². The molecular formula is C24H35N5O9. The fourth-order valence-electron chi connectivity index (χ4n) is 3.12. The standard InChI is InChI=1S/C24H35N5O9/c1-22(2,3)36-20(34)26-15(11-14-12-25-13-28(14)21(35)37-23(4,5)6)18(32)27-24(7,8)19(33)38-29-16(30)9-10-17(29)31/h12-13,15H,9-11H2,1-8H3,(H,26,34)(H,27,32)/t15-/m0/s1. The van der Waals surface area contributed by atoms with Crippen LogP contribution in [0.3, 0.4) is 0 Å². The first kappa shape index (κ1) is 30.3. The maximum absolute atomic E-state index is 13.3. The Labute approximate surface area is 220 Å². The molecule has 2 heterocycles. The first-order chi connectivity index (χ1) is 17.3. The summed E-state index contributed by atoms with van der Waals surface area (Å²) in [6.45, 7) is 12.6. The molecule has 1 atom stereocenters. The molecule has 0 aromatic carbocycles. The summed E-state index contributed by atoms with van der Waals surface area (Å²) in [7, 11) is 0. The van der Waals surface area contributed by atoms with Crippen molar-refractivity contribution in [3.8, 4) is 0 Å². The van der Waals surface area contributed by atoms with Crippen LogP contribution in [0.15, 0.2) is 12.5 Å². The number of hydrogen-bond donors (Lipinski definition) is 2. The lowest BCUT2D eigenvalue weighted by Crippen LogP contribution is -2.58. The Morgan fingerprint density at radius 2 is 1.50 bits per heavy atom. The van der Waals surface area contributed by atoms with Crippen LogP contribution in [0.5, 0.6) is 0 Å². The lowest BCUT2D eigenvalue weighted by atomic mass is 10.0. The van der Waals surface area contributed by atoms with Crippen LogP contribution in [0.2, 0.25) is 0 Å². The lowest BCUT2D eigenvalue weighted by Gasteiger charge is -2.29.